The molecule has 180 valence electrons. The van der Waals surface area contributed by atoms with Crippen LogP contribution in [0.15, 0.2) is 60.7 Å². The average molecular weight is 474 g/mol. The van der Waals surface area contributed by atoms with Crippen LogP contribution in [0.3, 0.4) is 0 Å². The van der Waals surface area contributed by atoms with Crippen LogP contribution in [-0.2, 0) is 20.7 Å². The van der Waals surface area contributed by atoms with Gasteiger partial charge in [-0.3, -0.25) is 14.5 Å². The maximum Gasteiger partial charge on any atom is 0.325 e. The van der Waals surface area contributed by atoms with Crippen LogP contribution < -0.4 is 20.1 Å². The highest BCUT2D eigenvalue weighted by atomic mass is 16.6. The first-order valence-corrected chi connectivity index (χ1v) is 11.5. The fourth-order valence-electron chi connectivity index (χ4n) is 4.57. The lowest BCUT2D eigenvalue weighted by atomic mass is 9.90. The van der Waals surface area contributed by atoms with Crippen molar-refractivity contribution in [3.8, 4) is 11.5 Å². The van der Waals surface area contributed by atoms with Gasteiger partial charge in [0.25, 0.3) is 5.91 Å². The Kier molecular flexibility index (Phi) is 5.39. The van der Waals surface area contributed by atoms with Crippen molar-refractivity contribution in [3.05, 3.63) is 71.8 Å². The van der Waals surface area contributed by atoms with Crippen LogP contribution in [0.1, 0.15) is 31.9 Å². The van der Waals surface area contributed by atoms with Gasteiger partial charge in [-0.2, -0.15) is 0 Å². The van der Waals surface area contributed by atoms with E-state index in [-0.39, 0.29) is 6.54 Å². The van der Waals surface area contributed by atoms with E-state index in [2.05, 4.69) is 10.6 Å². The highest BCUT2D eigenvalue weighted by Crippen LogP contribution is 2.35. The van der Waals surface area contributed by atoms with Crippen LogP contribution >= 0.6 is 0 Å². The lowest BCUT2D eigenvalue weighted by Gasteiger charge is -2.29. The third-order valence-electron chi connectivity index (χ3n) is 6.62. The summed E-state index contributed by atoms with van der Waals surface area (Å²) in [6, 6.07) is 18.3. The van der Waals surface area contributed by atoms with E-state index in [1.807, 2.05) is 74.5 Å². The Morgan fingerprint density at radius 3 is 2.49 bits per heavy atom. The standard InChI is InChI=1S/C27H27N3O5/c1-26(2,19-10-11-21-22(15-19)35-13-12-34-21)28-23(31)16-30-24(32)27(3,29-25(30)33)20-9-8-17-6-4-5-7-18(17)14-20/h4-11,14-15H,12-13,16H2,1-3H3,(H,28,31)(H,29,33). The molecule has 1 fully saturated rings. The quantitative estimate of drug-likeness (QED) is 0.554. The molecule has 0 saturated carbocycles. The number of imide groups is 1. The van der Waals surface area contributed by atoms with Gasteiger partial charge in [0.05, 0.1) is 5.54 Å². The minimum absolute atomic E-state index is 0.387. The smallest absolute Gasteiger partial charge is 0.325 e. The number of fused-ring (bicyclic) bond motifs is 2. The summed E-state index contributed by atoms with van der Waals surface area (Å²) in [5.74, 6) is 0.368. The summed E-state index contributed by atoms with van der Waals surface area (Å²) in [5.41, 5.74) is -0.553. The molecular formula is C27H27N3O5. The van der Waals surface area contributed by atoms with Crippen molar-refractivity contribution in [1.82, 2.24) is 15.5 Å². The van der Waals surface area contributed by atoms with Gasteiger partial charge >= 0.3 is 6.03 Å². The van der Waals surface area contributed by atoms with Crippen molar-refractivity contribution in [2.24, 2.45) is 0 Å². The Labute approximate surface area is 203 Å². The summed E-state index contributed by atoms with van der Waals surface area (Å²) < 4.78 is 11.2. The Hall–Kier alpha value is -4.07. The molecule has 2 aliphatic rings. The summed E-state index contributed by atoms with van der Waals surface area (Å²) in [5, 5.41) is 7.70. The van der Waals surface area contributed by atoms with Gasteiger partial charge in [0.15, 0.2) is 11.5 Å². The highest BCUT2D eigenvalue weighted by molar-refractivity contribution is 6.09. The van der Waals surface area contributed by atoms with E-state index in [4.69, 9.17) is 9.47 Å². The van der Waals surface area contributed by atoms with Crippen molar-refractivity contribution < 1.29 is 23.9 Å². The maximum atomic E-state index is 13.3. The first-order valence-electron chi connectivity index (χ1n) is 11.5. The fourth-order valence-corrected chi connectivity index (χ4v) is 4.57. The van der Waals surface area contributed by atoms with Gasteiger partial charge in [0.1, 0.15) is 25.3 Å². The number of hydrogen-bond acceptors (Lipinski definition) is 5. The Morgan fingerprint density at radius 2 is 1.71 bits per heavy atom. The van der Waals surface area contributed by atoms with Crippen LogP contribution in [0.4, 0.5) is 4.79 Å². The normalized spacial score (nSPS) is 19.6. The summed E-state index contributed by atoms with van der Waals surface area (Å²) in [4.78, 5) is 40.0. The summed E-state index contributed by atoms with van der Waals surface area (Å²) in [7, 11) is 0. The molecule has 5 rings (SSSR count). The molecule has 0 radical (unpaired) electrons. The zero-order chi connectivity index (χ0) is 24.8. The number of ether oxygens (including phenoxy) is 2. The molecule has 2 aliphatic heterocycles. The number of benzene rings is 3. The predicted molar refractivity (Wildman–Crippen MR) is 130 cm³/mol. The van der Waals surface area contributed by atoms with Gasteiger partial charge < -0.3 is 20.1 Å². The number of carbonyl (C=O) groups is 3. The number of nitrogens with zero attached hydrogens (tertiary/aromatic N) is 1. The number of amides is 4. The molecule has 3 aromatic rings. The van der Waals surface area contributed by atoms with Crippen molar-refractivity contribution >= 4 is 28.6 Å². The van der Waals surface area contributed by atoms with E-state index < -0.39 is 28.9 Å². The first-order chi connectivity index (χ1) is 16.7. The molecule has 35 heavy (non-hydrogen) atoms. The summed E-state index contributed by atoms with van der Waals surface area (Å²) >= 11 is 0. The van der Waals surface area contributed by atoms with Crippen molar-refractivity contribution in [1.29, 1.82) is 0 Å². The Balaban J connectivity index is 1.32. The molecule has 1 unspecified atom stereocenters. The number of rotatable bonds is 5. The Bertz CT molecular complexity index is 1350. The molecule has 2 heterocycles. The minimum Gasteiger partial charge on any atom is -0.486 e. The molecule has 1 saturated heterocycles. The molecule has 8 nitrogen and oxygen atoms in total. The van der Waals surface area contributed by atoms with Gasteiger partial charge in [0.2, 0.25) is 5.91 Å². The van der Waals surface area contributed by atoms with E-state index in [1.165, 1.54) is 0 Å². The van der Waals surface area contributed by atoms with E-state index in [0.29, 0.717) is 30.3 Å². The SMILES string of the molecule is CC(C)(NC(=O)CN1C(=O)NC(C)(c2ccc3ccccc3c2)C1=O)c1ccc2c(c1)OCCO2. The van der Waals surface area contributed by atoms with Crippen molar-refractivity contribution in [2.75, 3.05) is 19.8 Å². The summed E-state index contributed by atoms with van der Waals surface area (Å²) in [6.45, 7) is 5.93. The molecule has 1 atom stereocenters. The average Bonchev–Trinajstić information content (AvgIpc) is 3.06. The van der Waals surface area contributed by atoms with E-state index >= 15 is 0 Å². The van der Waals surface area contributed by atoms with Crippen LogP contribution in [0.5, 0.6) is 11.5 Å². The molecule has 4 amide bonds. The maximum absolute atomic E-state index is 13.3. The van der Waals surface area contributed by atoms with Gasteiger partial charge in [-0.05, 0) is 60.9 Å². The predicted octanol–water partition coefficient (Wildman–Crippen LogP) is 3.43. The first kappa shape index (κ1) is 22.7. The third-order valence-corrected chi connectivity index (χ3v) is 6.62. The van der Waals surface area contributed by atoms with Gasteiger partial charge in [-0.15, -0.1) is 0 Å². The molecule has 2 N–H and O–H groups in total. The molecule has 0 spiro atoms. The van der Waals surface area contributed by atoms with E-state index in [9.17, 15) is 14.4 Å². The number of nitrogens with one attached hydrogen (secondary N) is 2. The second-order valence-corrected chi connectivity index (χ2v) is 9.54. The van der Waals surface area contributed by atoms with E-state index in [0.717, 1.165) is 21.2 Å². The molecular weight excluding hydrogens is 446 g/mol. The number of hydrogen-bond donors (Lipinski definition) is 2. The summed E-state index contributed by atoms with van der Waals surface area (Å²) in [6.07, 6.45) is 0. The zero-order valence-electron chi connectivity index (χ0n) is 19.9. The highest BCUT2D eigenvalue weighted by Gasteiger charge is 2.49. The second kappa shape index (κ2) is 8.30. The van der Waals surface area contributed by atoms with Crippen LogP contribution in [0, 0.1) is 0 Å². The van der Waals surface area contributed by atoms with Crippen molar-refractivity contribution in [3.63, 3.8) is 0 Å². The van der Waals surface area contributed by atoms with Crippen LogP contribution in [-0.4, -0.2) is 42.5 Å². The van der Waals surface area contributed by atoms with E-state index in [1.54, 1.807) is 6.92 Å². The third kappa shape index (κ3) is 4.05. The molecule has 8 heteroatoms. The van der Waals surface area contributed by atoms with Crippen LogP contribution in [0.25, 0.3) is 10.8 Å². The van der Waals surface area contributed by atoms with Gasteiger partial charge in [-0.1, -0.05) is 42.5 Å². The second-order valence-electron chi connectivity index (χ2n) is 9.54. The lowest BCUT2D eigenvalue weighted by molar-refractivity contribution is -0.135. The minimum atomic E-state index is -1.26. The molecule has 3 aromatic carbocycles. The van der Waals surface area contributed by atoms with Gasteiger partial charge in [-0.25, -0.2) is 4.79 Å². The molecule has 0 bridgehead atoms. The number of carbonyl (C=O) groups excluding carboxylic acids is 3. The number of urea groups is 1. The van der Waals surface area contributed by atoms with Crippen LogP contribution in [0.2, 0.25) is 0 Å². The Morgan fingerprint density at radius 1 is 1.00 bits per heavy atom. The monoisotopic (exact) mass is 473 g/mol. The largest absolute Gasteiger partial charge is 0.486 e. The van der Waals surface area contributed by atoms with Crippen molar-refractivity contribution in [2.45, 2.75) is 31.8 Å². The van der Waals surface area contributed by atoms with Gasteiger partial charge in [0, 0.05) is 0 Å². The molecule has 0 aliphatic carbocycles. The lowest BCUT2D eigenvalue weighted by Crippen LogP contribution is -2.48. The topological polar surface area (TPSA) is 97.0 Å². The zero-order valence-corrected chi connectivity index (χ0v) is 19.9. The molecule has 0 aromatic heterocycles. The fraction of sp³-hybridized carbons (Fsp3) is 0.296.